The summed E-state index contributed by atoms with van der Waals surface area (Å²) in [5.74, 6) is -11.6. The number of carbonyl (C=O) groups excluding carboxylic acids is 13. The fourth-order valence-corrected chi connectivity index (χ4v) is 12.8. The van der Waals surface area contributed by atoms with E-state index < -0.39 is 175 Å². The molecule has 106 heavy (non-hydrogen) atoms. The molecule has 23 N–H and O–H groups in total. The fourth-order valence-electron chi connectivity index (χ4n) is 12.6. The van der Waals surface area contributed by atoms with Crippen molar-refractivity contribution in [2.45, 2.75) is 204 Å². The van der Waals surface area contributed by atoms with Crippen LogP contribution in [0.4, 0.5) is 0 Å². The number of para-hydroxylation sites is 1. The zero-order chi connectivity index (χ0) is 78.3. The van der Waals surface area contributed by atoms with Gasteiger partial charge < -0.3 is 107 Å². The first-order valence-electron chi connectivity index (χ1n) is 36.3. The lowest BCUT2D eigenvalue weighted by Crippen LogP contribution is -2.61. The normalized spacial score (nSPS) is 17.3. The number of thiol groups is 1. The molecule has 5 rings (SSSR count). The number of H-pyrrole nitrogens is 1. The Kier molecular flexibility index (Phi) is 36.1. The number of rotatable bonds is 44. The van der Waals surface area contributed by atoms with Crippen molar-refractivity contribution in [1.29, 1.82) is 0 Å². The third-order valence-corrected chi connectivity index (χ3v) is 18.9. The van der Waals surface area contributed by atoms with Gasteiger partial charge in [0.15, 0.2) is 5.96 Å². The Balaban J connectivity index is 1.23. The van der Waals surface area contributed by atoms with Gasteiger partial charge in [0.2, 0.25) is 76.8 Å². The standard InChI is InChI=1S/C71H111N19O15S/c1-7-41(6)58(88-57(93)35-79-60(95)45(73)33-43-34-78-46-21-12-11-20-44(43)46)70(105)90-29-17-25-56(90)68(103)87-54(38-106)66(101)84-51(32-42-18-9-8-10-19-42)69(104)89-28-16-24-55(89)67(102)86-53(37-92)65(100)85-52(36-91)64(99)83-50(31-40(4)5)63(98)81-47(22-13-14-26-72)61(96)80-48(23-15-27-77-71(75)76)62(97)82-49(59(74)94)30-39(2)3/h8-12,18-21,34,39-41,45,47-56,58,78,91-92,106H,7,13-17,22-33,35-38,72-73H2,1-6H3,(H2,74,94)(H,79,95)(H,80,96)(H,81,98)(H,82,97)(H,83,99)(H,84,101)(H,85,100)(H,86,102)(H,87,103)(H,88,93)(H4,75,76,77)/t41-,45-,47-,48-,49-,50-,51-,52-,53-,54-,55-,56-,58-/m0/s1. The van der Waals surface area contributed by atoms with E-state index in [4.69, 9.17) is 28.7 Å². The monoisotopic (exact) mass is 1500 g/mol. The molecule has 2 fully saturated rings. The third kappa shape index (κ3) is 26.9. The van der Waals surface area contributed by atoms with Gasteiger partial charge in [0.05, 0.1) is 25.8 Å². The number of nitrogens with two attached hydrogens (primary N) is 5. The molecule has 34 nitrogen and oxygen atoms in total. The maximum absolute atomic E-state index is 14.8. The number of benzene rings is 2. The molecular formula is C71H111N19O15S. The summed E-state index contributed by atoms with van der Waals surface area (Å²) in [6.45, 7) is 8.65. The van der Waals surface area contributed by atoms with Crippen molar-refractivity contribution in [3.63, 3.8) is 0 Å². The molecule has 0 unspecified atom stereocenters. The molecule has 3 heterocycles. The Hall–Kier alpha value is -9.45. The SMILES string of the molecule is CC[C@H](C)[C@H](NC(=O)CNC(=O)[C@@H](N)Cc1c[nH]c2ccccc12)C(=O)N1CCC[C@H]1C(=O)N[C@@H](CS)C(=O)N[C@@H](Cc1ccccc1)C(=O)N1CCC[C@H]1C(=O)N[C@@H](CO)C(=O)N[C@@H](CO)C(=O)N[C@@H](CC(C)C)C(=O)N[C@@H](CCCCN)C(=O)N[C@@H](CCCN=C(N)N)C(=O)N[C@@H](CC(C)C)C(N)=O. The van der Waals surface area contributed by atoms with Crippen LogP contribution in [0, 0.1) is 17.8 Å². The molecule has 2 saturated heterocycles. The van der Waals surface area contributed by atoms with Gasteiger partial charge in [-0.2, -0.15) is 12.6 Å². The second-order valence-corrected chi connectivity index (χ2v) is 28.2. The van der Waals surface area contributed by atoms with Crippen LogP contribution >= 0.6 is 12.6 Å². The van der Waals surface area contributed by atoms with E-state index in [-0.39, 0.29) is 114 Å². The van der Waals surface area contributed by atoms with Crippen LogP contribution in [-0.2, 0) is 75.2 Å². The number of fused-ring (bicyclic) bond motifs is 1. The molecule has 2 aromatic carbocycles. The lowest BCUT2D eigenvalue weighted by Gasteiger charge is -2.32. The molecule has 586 valence electrons. The number of guanidine groups is 1. The highest BCUT2D eigenvalue weighted by Crippen LogP contribution is 2.24. The van der Waals surface area contributed by atoms with E-state index in [9.17, 15) is 72.5 Å². The minimum atomic E-state index is -1.79. The fraction of sp³-hybridized carbons (Fsp3) is 0.606. The molecule has 0 radical (unpaired) electrons. The lowest BCUT2D eigenvalue weighted by molar-refractivity contribution is -0.143. The molecule has 1 aromatic heterocycles. The molecule has 3 aromatic rings. The van der Waals surface area contributed by atoms with Crippen molar-refractivity contribution in [2.75, 3.05) is 51.7 Å². The van der Waals surface area contributed by atoms with E-state index in [1.807, 2.05) is 45.0 Å². The average molecular weight is 1500 g/mol. The van der Waals surface area contributed by atoms with Crippen LogP contribution in [0.2, 0.25) is 0 Å². The number of amides is 13. The predicted molar refractivity (Wildman–Crippen MR) is 398 cm³/mol. The van der Waals surface area contributed by atoms with E-state index in [1.165, 1.54) is 9.80 Å². The highest BCUT2D eigenvalue weighted by molar-refractivity contribution is 7.80. The van der Waals surface area contributed by atoms with Gasteiger partial charge in [0.25, 0.3) is 0 Å². The third-order valence-electron chi connectivity index (χ3n) is 18.6. The summed E-state index contributed by atoms with van der Waals surface area (Å²) in [7, 11) is 0. The Labute approximate surface area is 623 Å². The van der Waals surface area contributed by atoms with Crippen LogP contribution < -0.4 is 81.8 Å². The first kappa shape index (κ1) is 87.2. The minimum absolute atomic E-state index is 0.00752. The Bertz CT molecular complexity index is 3510. The van der Waals surface area contributed by atoms with E-state index in [2.05, 4.69) is 75.8 Å². The number of unbranched alkanes of at least 4 members (excludes halogenated alkanes) is 1. The summed E-state index contributed by atoms with van der Waals surface area (Å²) < 4.78 is 0. The van der Waals surface area contributed by atoms with Crippen molar-refractivity contribution in [2.24, 2.45) is 51.4 Å². The summed E-state index contributed by atoms with van der Waals surface area (Å²) in [6, 6.07) is 0.376. The Morgan fingerprint density at radius 3 is 1.62 bits per heavy atom. The van der Waals surface area contributed by atoms with Crippen LogP contribution in [0.5, 0.6) is 0 Å². The van der Waals surface area contributed by atoms with Crippen LogP contribution in [0.15, 0.2) is 65.8 Å². The molecule has 2 aliphatic rings. The van der Waals surface area contributed by atoms with Crippen LogP contribution in [0.1, 0.15) is 130 Å². The second kappa shape index (κ2) is 43.9. The number of likely N-dealkylation sites (tertiary alicyclic amines) is 2. The van der Waals surface area contributed by atoms with Gasteiger partial charge in [-0.3, -0.25) is 67.3 Å². The summed E-state index contributed by atoms with van der Waals surface area (Å²) >= 11 is 4.39. The number of carbonyl (C=O) groups is 13. The number of nitrogens with zero attached hydrogens (tertiary/aromatic N) is 3. The van der Waals surface area contributed by atoms with Crippen molar-refractivity contribution < 1.29 is 72.5 Å². The number of aliphatic imine (C=N–C) groups is 1. The maximum atomic E-state index is 14.8. The lowest BCUT2D eigenvalue weighted by atomic mass is 9.97. The number of nitrogens with one attached hydrogen (secondary N) is 11. The van der Waals surface area contributed by atoms with Crippen molar-refractivity contribution in [3.05, 3.63) is 71.9 Å². The first-order valence-corrected chi connectivity index (χ1v) is 36.9. The molecule has 0 bridgehead atoms. The van der Waals surface area contributed by atoms with Crippen molar-refractivity contribution >= 4 is 106 Å². The van der Waals surface area contributed by atoms with Gasteiger partial charge in [-0.15, -0.1) is 0 Å². The molecule has 13 atom stereocenters. The summed E-state index contributed by atoms with van der Waals surface area (Å²) in [5.41, 5.74) is 30.9. The average Bonchev–Trinajstić information content (AvgIpc) is 1.66. The topological polar surface area (TPSA) is 547 Å². The number of hydrogen-bond acceptors (Lipinski definition) is 19. The number of aliphatic hydroxyl groups excluding tert-OH is 2. The zero-order valence-electron chi connectivity index (χ0n) is 61.4. The van der Waals surface area contributed by atoms with Crippen LogP contribution in [-0.4, -0.2) is 232 Å². The molecule has 35 heteroatoms. The van der Waals surface area contributed by atoms with Gasteiger partial charge >= 0.3 is 0 Å². The van der Waals surface area contributed by atoms with E-state index in [0.29, 0.717) is 31.2 Å². The first-order chi connectivity index (χ1) is 50.4. The highest BCUT2D eigenvalue weighted by atomic mass is 32.1. The molecule has 13 amide bonds. The van der Waals surface area contributed by atoms with Gasteiger partial charge in [-0.25, -0.2) is 0 Å². The number of hydrogen-bond donors (Lipinski definition) is 19. The quantitative estimate of drug-likeness (QED) is 0.0113. The smallest absolute Gasteiger partial charge is 0.246 e. The van der Waals surface area contributed by atoms with E-state index in [1.54, 1.807) is 57.3 Å². The van der Waals surface area contributed by atoms with Crippen molar-refractivity contribution in [1.82, 2.24) is 68.0 Å². The number of aromatic nitrogens is 1. The largest absolute Gasteiger partial charge is 0.394 e. The van der Waals surface area contributed by atoms with Crippen LogP contribution in [0.25, 0.3) is 10.9 Å². The van der Waals surface area contributed by atoms with Gasteiger partial charge in [-0.1, -0.05) is 96.5 Å². The summed E-state index contributed by atoms with van der Waals surface area (Å²) in [5, 5.41) is 47.9. The van der Waals surface area contributed by atoms with Gasteiger partial charge in [-0.05, 0) is 119 Å². The van der Waals surface area contributed by atoms with E-state index >= 15 is 0 Å². The number of primary amides is 1. The van der Waals surface area contributed by atoms with Crippen LogP contribution in [0.3, 0.4) is 0 Å². The minimum Gasteiger partial charge on any atom is -0.394 e. The predicted octanol–water partition coefficient (Wildman–Crippen LogP) is -3.54. The van der Waals surface area contributed by atoms with Gasteiger partial charge in [0, 0.05) is 48.9 Å². The number of aliphatic hydroxyl groups is 2. The van der Waals surface area contributed by atoms with Gasteiger partial charge in [0.1, 0.15) is 66.5 Å². The number of aromatic amines is 1. The zero-order valence-corrected chi connectivity index (χ0v) is 62.3. The molecule has 0 spiro atoms. The summed E-state index contributed by atoms with van der Waals surface area (Å²) in [4.78, 5) is 191. The highest BCUT2D eigenvalue weighted by Gasteiger charge is 2.43. The molecule has 2 aliphatic heterocycles. The second-order valence-electron chi connectivity index (χ2n) is 27.8. The Morgan fingerprint density at radius 2 is 1.07 bits per heavy atom. The Morgan fingerprint density at radius 1 is 0.575 bits per heavy atom. The summed E-state index contributed by atoms with van der Waals surface area (Å²) in [6.07, 6.45) is 4.44. The molecule has 0 aliphatic carbocycles. The van der Waals surface area contributed by atoms with E-state index in [0.717, 1.165) is 16.5 Å². The molecule has 0 saturated carbocycles. The molecular weight excluding hydrogens is 1390 g/mol. The maximum Gasteiger partial charge on any atom is 0.246 e. The van der Waals surface area contributed by atoms with Crippen molar-refractivity contribution in [3.8, 4) is 0 Å².